The molecule has 1 heterocycles. The lowest BCUT2D eigenvalue weighted by Gasteiger charge is -2.39. The van der Waals surface area contributed by atoms with Gasteiger partial charge in [-0.15, -0.1) is 0 Å². The molecule has 2 N–H and O–H groups in total. The zero-order chi connectivity index (χ0) is 20.8. The topological polar surface area (TPSA) is 70.2 Å². The number of carbonyl (C=O) groups excluding carboxylic acids is 1. The minimum Gasteiger partial charge on any atom is -0.378 e. The van der Waals surface area contributed by atoms with Gasteiger partial charge in [-0.05, 0) is 66.3 Å². The number of nitrogens with zero attached hydrogens (tertiary/aromatic N) is 3. The van der Waals surface area contributed by atoms with Crippen molar-refractivity contribution in [2.45, 2.75) is 46.1 Å². The Bertz CT molecular complexity index is 908. The lowest BCUT2D eigenvalue weighted by molar-refractivity contribution is 0.0821. The molecule has 154 valence electrons. The molecule has 1 aromatic carbocycles. The van der Waals surface area contributed by atoms with E-state index in [4.69, 9.17) is 0 Å². The number of anilines is 3. The van der Waals surface area contributed by atoms with Gasteiger partial charge in [0.2, 0.25) is 5.95 Å². The van der Waals surface area contributed by atoms with Crippen molar-refractivity contribution in [3.63, 3.8) is 0 Å². The molecule has 6 nitrogen and oxygen atoms in total. The molecule has 2 aliphatic carbocycles. The van der Waals surface area contributed by atoms with Crippen LogP contribution in [0.1, 0.15) is 50.5 Å². The van der Waals surface area contributed by atoms with Crippen molar-refractivity contribution < 1.29 is 4.79 Å². The second kappa shape index (κ2) is 7.01. The van der Waals surface area contributed by atoms with Crippen molar-refractivity contribution in [2.24, 2.45) is 16.7 Å². The van der Waals surface area contributed by atoms with Gasteiger partial charge in [0.05, 0.1) is 0 Å². The van der Waals surface area contributed by atoms with Crippen LogP contribution in [0, 0.1) is 16.7 Å². The maximum absolute atomic E-state index is 12.9. The Balaban J connectivity index is 1.45. The predicted octanol–water partition coefficient (Wildman–Crippen LogP) is 4.23. The monoisotopic (exact) mass is 393 g/mol. The molecular formula is C23H31N5O. The minimum atomic E-state index is -0.118. The SMILES string of the molecule is CN(C)c1ccc(Nc2nccc(C(=O)NC3CC4CCC3(C)C4(C)C)n2)cc1. The maximum atomic E-state index is 12.9. The lowest BCUT2D eigenvalue weighted by Crippen LogP contribution is -2.47. The average Bonchev–Trinajstić information content (AvgIpc) is 3.02. The number of hydrogen-bond donors (Lipinski definition) is 2. The Hall–Kier alpha value is -2.63. The highest BCUT2D eigenvalue weighted by Crippen LogP contribution is 2.65. The first-order chi connectivity index (χ1) is 13.7. The Morgan fingerprint density at radius 2 is 1.86 bits per heavy atom. The molecule has 0 saturated heterocycles. The summed E-state index contributed by atoms with van der Waals surface area (Å²) in [7, 11) is 4.01. The Morgan fingerprint density at radius 1 is 1.14 bits per heavy atom. The molecule has 3 unspecified atom stereocenters. The number of benzene rings is 1. The van der Waals surface area contributed by atoms with Gasteiger partial charge in [0.1, 0.15) is 5.69 Å². The second-order valence-electron chi connectivity index (χ2n) is 9.47. The van der Waals surface area contributed by atoms with E-state index in [0.717, 1.165) is 17.8 Å². The van der Waals surface area contributed by atoms with Crippen LogP contribution in [0.25, 0.3) is 0 Å². The average molecular weight is 394 g/mol. The summed E-state index contributed by atoms with van der Waals surface area (Å²) in [5, 5.41) is 6.46. The smallest absolute Gasteiger partial charge is 0.270 e. The molecule has 4 rings (SSSR count). The summed E-state index contributed by atoms with van der Waals surface area (Å²) in [6.07, 6.45) is 5.13. The highest BCUT2D eigenvalue weighted by molar-refractivity contribution is 5.92. The molecule has 6 heteroatoms. The molecule has 29 heavy (non-hydrogen) atoms. The molecule has 1 aromatic heterocycles. The third kappa shape index (κ3) is 3.34. The number of carbonyl (C=O) groups is 1. The molecule has 3 atom stereocenters. The largest absolute Gasteiger partial charge is 0.378 e. The fraction of sp³-hybridized carbons (Fsp3) is 0.522. The highest BCUT2D eigenvalue weighted by atomic mass is 16.2. The molecule has 0 aliphatic heterocycles. The first kappa shape index (κ1) is 19.7. The van der Waals surface area contributed by atoms with Gasteiger partial charge in [-0.2, -0.15) is 0 Å². The molecule has 2 fully saturated rings. The molecule has 2 saturated carbocycles. The van der Waals surface area contributed by atoms with Gasteiger partial charge in [0, 0.05) is 37.7 Å². The first-order valence-electron chi connectivity index (χ1n) is 10.4. The number of amides is 1. The number of fused-ring (bicyclic) bond motifs is 2. The molecule has 0 spiro atoms. The third-order valence-electron chi connectivity index (χ3n) is 7.63. The Kier molecular flexibility index (Phi) is 4.75. The molecule has 2 aliphatic rings. The predicted molar refractivity (Wildman–Crippen MR) is 117 cm³/mol. The Morgan fingerprint density at radius 3 is 2.45 bits per heavy atom. The van der Waals surface area contributed by atoms with Crippen LogP contribution in [0.3, 0.4) is 0 Å². The summed E-state index contributed by atoms with van der Waals surface area (Å²) in [4.78, 5) is 23.7. The summed E-state index contributed by atoms with van der Waals surface area (Å²) >= 11 is 0. The van der Waals surface area contributed by atoms with E-state index >= 15 is 0 Å². The van der Waals surface area contributed by atoms with Gasteiger partial charge in [-0.3, -0.25) is 4.79 Å². The van der Waals surface area contributed by atoms with Crippen LogP contribution < -0.4 is 15.5 Å². The van der Waals surface area contributed by atoms with Crippen LogP contribution in [0.4, 0.5) is 17.3 Å². The van der Waals surface area contributed by atoms with Gasteiger partial charge in [0.15, 0.2) is 0 Å². The van der Waals surface area contributed by atoms with E-state index in [1.807, 2.05) is 43.3 Å². The fourth-order valence-corrected chi connectivity index (χ4v) is 5.17. The standard InChI is InChI=1S/C23H31N5O/c1-22(2)15-10-12-23(22,3)19(14-15)27-20(29)18-11-13-24-21(26-18)25-16-6-8-17(9-7-16)28(4)5/h6-9,11,13,15,19H,10,12,14H2,1-5H3,(H,27,29)(H,24,25,26). The highest BCUT2D eigenvalue weighted by Gasteiger charge is 2.61. The number of hydrogen-bond acceptors (Lipinski definition) is 5. The van der Waals surface area contributed by atoms with E-state index < -0.39 is 0 Å². The summed E-state index contributed by atoms with van der Waals surface area (Å²) < 4.78 is 0. The van der Waals surface area contributed by atoms with E-state index in [0.29, 0.717) is 17.6 Å². The van der Waals surface area contributed by atoms with E-state index in [1.54, 1.807) is 12.3 Å². The van der Waals surface area contributed by atoms with Crippen LogP contribution in [-0.4, -0.2) is 36.0 Å². The number of nitrogens with one attached hydrogen (secondary N) is 2. The molecule has 2 bridgehead atoms. The third-order valence-corrected chi connectivity index (χ3v) is 7.63. The maximum Gasteiger partial charge on any atom is 0.270 e. The van der Waals surface area contributed by atoms with Gasteiger partial charge < -0.3 is 15.5 Å². The quantitative estimate of drug-likeness (QED) is 0.795. The summed E-state index contributed by atoms with van der Waals surface area (Å²) in [6, 6.07) is 9.88. The Labute approximate surface area is 173 Å². The van der Waals surface area contributed by atoms with Gasteiger partial charge in [-0.1, -0.05) is 20.8 Å². The van der Waals surface area contributed by atoms with E-state index in [2.05, 4.69) is 41.4 Å². The normalized spacial score (nSPS) is 26.9. The van der Waals surface area contributed by atoms with E-state index in [9.17, 15) is 4.79 Å². The van der Waals surface area contributed by atoms with Crippen molar-refractivity contribution in [1.82, 2.24) is 15.3 Å². The van der Waals surface area contributed by atoms with E-state index in [1.165, 1.54) is 12.8 Å². The molecular weight excluding hydrogens is 362 g/mol. The summed E-state index contributed by atoms with van der Waals surface area (Å²) in [5.74, 6) is 0.994. The first-order valence-corrected chi connectivity index (χ1v) is 10.4. The molecule has 2 aromatic rings. The lowest BCUT2D eigenvalue weighted by atomic mass is 9.69. The fourth-order valence-electron chi connectivity index (χ4n) is 5.17. The van der Waals surface area contributed by atoms with Gasteiger partial charge >= 0.3 is 0 Å². The van der Waals surface area contributed by atoms with Crippen LogP contribution in [-0.2, 0) is 0 Å². The van der Waals surface area contributed by atoms with Crippen LogP contribution in [0.2, 0.25) is 0 Å². The second-order valence-corrected chi connectivity index (χ2v) is 9.47. The number of rotatable bonds is 5. The van der Waals surface area contributed by atoms with Crippen LogP contribution in [0.15, 0.2) is 36.5 Å². The van der Waals surface area contributed by atoms with Gasteiger partial charge in [-0.25, -0.2) is 9.97 Å². The minimum absolute atomic E-state index is 0.118. The van der Waals surface area contributed by atoms with Crippen molar-refractivity contribution in [3.8, 4) is 0 Å². The summed E-state index contributed by atoms with van der Waals surface area (Å²) in [5.41, 5.74) is 2.82. The zero-order valence-corrected chi connectivity index (χ0v) is 18.0. The zero-order valence-electron chi connectivity index (χ0n) is 18.0. The molecule has 1 amide bonds. The van der Waals surface area contributed by atoms with Crippen molar-refractivity contribution in [2.75, 3.05) is 24.3 Å². The summed E-state index contributed by atoms with van der Waals surface area (Å²) in [6.45, 7) is 7.03. The van der Waals surface area contributed by atoms with Gasteiger partial charge in [0.25, 0.3) is 5.91 Å². The number of aromatic nitrogens is 2. The van der Waals surface area contributed by atoms with E-state index in [-0.39, 0.29) is 22.8 Å². The molecule has 0 radical (unpaired) electrons. The van der Waals surface area contributed by atoms with Crippen molar-refractivity contribution in [1.29, 1.82) is 0 Å². The van der Waals surface area contributed by atoms with Crippen molar-refractivity contribution >= 4 is 23.2 Å². The van der Waals surface area contributed by atoms with Crippen LogP contribution >= 0.6 is 0 Å². The van der Waals surface area contributed by atoms with Crippen LogP contribution in [0.5, 0.6) is 0 Å². The van der Waals surface area contributed by atoms with Crippen molar-refractivity contribution in [3.05, 3.63) is 42.2 Å².